The molecule has 0 aliphatic heterocycles. The maximum atomic E-state index is 4.81. The summed E-state index contributed by atoms with van der Waals surface area (Å²) < 4.78 is 4.01. The van der Waals surface area contributed by atoms with Crippen molar-refractivity contribution in [2.24, 2.45) is 7.05 Å². The Labute approximate surface area is 167 Å². The molecule has 0 aliphatic carbocycles. The van der Waals surface area contributed by atoms with Crippen molar-refractivity contribution < 1.29 is 0 Å². The molecule has 0 saturated carbocycles. The van der Waals surface area contributed by atoms with E-state index >= 15 is 0 Å². The van der Waals surface area contributed by atoms with Crippen LogP contribution in [0, 0.1) is 13.8 Å². The summed E-state index contributed by atoms with van der Waals surface area (Å²) in [5, 5.41) is 11.8. The molecule has 0 spiro atoms. The molecule has 2 heterocycles. The predicted octanol–water partition coefficient (Wildman–Crippen LogP) is 5.86. The van der Waals surface area contributed by atoms with Crippen molar-refractivity contribution in [1.82, 2.24) is 19.6 Å². The highest BCUT2D eigenvalue weighted by atomic mass is 15.3. The number of aromatic nitrogens is 4. The van der Waals surface area contributed by atoms with Crippen molar-refractivity contribution in [3.63, 3.8) is 0 Å². The molecule has 1 unspecified atom stereocenters. The minimum absolute atomic E-state index is 0.476. The molecule has 4 rings (SSSR count). The Kier molecular flexibility index (Phi) is 4.74. The summed E-state index contributed by atoms with van der Waals surface area (Å²) in [4.78, 5) is 0. The summed E-state index contributed by atoms with van der Waals surface area (Å²) in [5.74, 6) is 1.02. The third-order valence-electron chi connectivity index (χ3n) is 5.86. The lowest BCUT2D eigenvalue weighted by Gasteiger charge is -2.13. The minimum Gasteiger partial charge on any atom is -0.275 e. The molecule has 0 N–H and O–H groups in total. The summed E-state index contributed by atoms with van der Waals surface area (Å²) in [6.07, 6.45) is 5.37. The fourth-order valence-corrected chi connectivity index (χ4v) is 4.22. The smallest absolute Gasteiger partial charge is 0.0952 e. The lowest BCUT2D eigenvalue weighted by atomic mass is 9.95. The van der Waals surface area contributed by atoms with Gasteiger partial charge in [0.2, 0.25) is 0 Å². The Bertz CT molecular complexity index is 1150. The molecule has 4 aromatic rings. The molecule has 0 fully saturated rings. The Morgan fingerprint density at radius 3 is 2.43 bits per heavy atom. The summed E-state index contributed by atoms with van der Waals surface area (Å²) in [6, 6.07) is 9.11. The predicted molar refractivity (Wildman–Crippen MR) is 117 cm³/mol. The minimum atomic E-state index is 0.476. The molecule has 4 heteroatoms. The Balaban J connectivity index is 1.54. The van der Waals surface area contributed by atoms with Crippen LogP contribution in [-0.2, 0) is 13.6 Å². The van der Waals surface area contributed by atoms with Gasteiger partial charge in [-0.3, -0.25) is 9.36 Å². The normalized spacial score (nSPS) is 13.1. The van der Waals surface area contributed by atoms with Gasteiger partial charge in [-0.1, -0.05) is 26.8 Å². The van der Waals surface area contributed by atoms with Crippen molar-refractivity contribution >= 4 is 21.8 Å². The highest BCUT2D eigenvalue weighted by Gasteiger charge is 2.12. The second-order valence-corrected chi connectivity index (χ2v) is 8.58. The Hall–Kier alpha value is -2.62. The molecular weight excluding hydrogens is 344 g/mol. The van der Waals surface area contributed by atoms with Crippen LogP contribution in [0.15, 0.2) is 36.7 Å². The zero-order valence-corrected chi connectivity index (χ0v) is 17.8. The third-order valence-corrected chi connectivity index (χ3v) is 5.86. The van der Waals surface area contributed by atoms with Gasteiger partial charge >= 0.3 is 0 Å². The maximum Gasteiger partial charge on any atom is 0.0952 e. The number of aryl methyl sites for hydroxylation is 4. The molecule has 0 saturated heterocycles. The first kappa shape index (κ1) is 18.7. The summed E-state index contributed by atoms with van der Waals surface area (Å²) in [5.41, 5.74) is 7.59. The van der Waals surface area contributed by atoms with E-state index in [1.165, 1.54) is 33.0 Å². The van der Waals surface area contributed by atoms with Gasteiger partial charge in [0.15, 0.2) is 0 Å². The first-order valence-corrected chi connectivity index (χ1v) is 10.2. The van der Waals surface area contributed by atoms with E-state index in [1.54, 1.807) is 0 Å². The largest absolute Gasteiger partial charge is 0.275 e. The van der Waals surface area contributed by atoms with Gasteiger partial charge in [0.1, 0.15) is 0 Å². The molecule has 1 atom stereocenters. The van der Waals surface area contributed by atoms with Gasteiger partial charge in [0, 0.05) is 36.8 Å². The molecule has 2 aromatic heterocycles. The highest BCUT2D eigenvalue weighted by molar-refractivity contribution is 5.82. The van der Waals surface area contributed by atoms with E-state index < -0.39 is 0 Å². The molecule has 146 valence electrons. The second-order valence-electron chi connectivity index (χ2n) is 8.58. The number of benzene rings is 2. The molecule has 0 radical (unpaired) electrons. The summed E-state index contributed by atoms with van der Waals surface area (Å²) in [6.45, 7) is 12.1. The first-order chi connectivity index (χ1) is 13.3. The van der Waals surface area contributed by atoms with Gasteiger partial charge in [-0.15, -0.1) is 0 Å². The van der Waals surface area contributed by atoms with Crippen molar-refractivity contribution in [1.29, 1.82) is 0 Å². The standard InChI is InChI=1S/C24H30N4/c1-15(2)22-12-20-14-28(25-23(20)10-17(22)4)8-7-16(3)19-9-18(5)24-21(11-19)13-27(6)26-24/h9-16H,7-8H2,1-6H3. The lowest BCUT2D eigenvalue weighted by molar-refractivity contribution is 0.537. The highest BCUT2D eigenvalue weighted by Crippen LogP contribution is 2.28. The SMILES string of the molecule is Cc1cc2nn(CCC(C)c3cc(C)c4nn(C)cc4c3)cc2cc1C(C)C. The van der Waals surface area contributed by atoms with E-state index in [0.29, 0.717) is 11.8 Å². The van der Waals surface area contributed by atoms with Crippen LogP contribution in [0.1, 0.15) is 61.3 Å². The number of rotatable bonds is 5. The average molecular weight is 375 g/mol. The molecular formula is C24H30N4. The number of hydrogen-bond donors (Lipinski definition) is 0. The lowest BCUT2D eigenvalue weighted by Crippen LogP contribution is -2.03. The van der Waals surface area contributed by atoms with Crippen LogP contribution in [-0.4, -0.2) is 19.6 Å². The van der Waals surface area contributed by atoms with Crippen LogP contribution < -0.4 is 0 Å². The first-order valence-electron chi connectivity index (χ1n) is 10.2. The molecule has 2 aromatic carbocycles. The Morgan fingerprint density at radius 1 is 0.893 bits per heavy atom. The summed E-state index contributed by atoms with van der Waals surface area (Å²) >= 11 is 0. The van der Waals surface area contributed by atoms with Gasteiger partial charge in [-0.05, 0) is 72.6 Å². The second kappa shape index (κ2) is 7.08. The quantitative estimate of drug-likeness (QED) is 0.439. The van der Waals surface area contributed by atoms with E-state index in [4.69, 9.17) is 5.10 Å². The van der Waals surface area contributed by atoms with Gasteiger partial charge in [0.05, 0.1) is 11.0 Å². The van der Waals surface area contributed by atoms with Crippen LogP contribution in [0.3, 0.4) is 0 Å². The van der Waals surface area contributed by atoms with E-state index in [1.807, 2.05) is 11.7 Å². The van der Waals surface area contributed by atoms with Crippen molar-refractivity contribution in [3.8, 4) is 0 Å². The van der Waals surface area contributed by atoms with Gasteiger partial charge in [-0.25, -0.2) is 0 Å². The average Bonchev–Trinajstić information content (AvgIpc) is 3.20. The third kappa shape index (κ3) is 3.44. The number of nitrogens with zero attached hydrogens (tertiary/aromatic N) is 4. The van der Waals surface area contributed by atoms with Gasteiger partial charge < -0.3 is 0 Å². The molecule has 0 bridgehead atoms. The van der Waals surface area contributed by atoms with Crippen molar-refractivity contribution in [3.05, 3.63) is 58.9 Å². The van der Waals surface area contributed by atoms with Crippen LogP contribution in [0.4, 0.5) is 0 Å². The number of hydrogen-bond acceptors (Lipinski definition) is 2. The van der Waals surface area contributed by atoms with Crippen molar-refractivity contribution in [2.75, 3.05) is 0 Å². The van der Waals surface area contributed by atoms with Crippen molar-refractivity contribution in [2.45, 2.75) is 59.4 Å². The van der Waals surface area contributed by atoms with E-state index in [9.17, 15) is 0 Å². The monoisotopic (exact) mass is 374 g/mol. The molecule has 0 amide bonds. The maximum absolute atomic E-state index is 4.81. The topological polar surface area (TPSA) is 35.6 Å². The van der Waals surface area contributed by atoms with Crippen LogP contribution in [0.25, 0.3) is 21.8 Å². The summed E-state index contributed by atoms with van der Waals surface area (Å²) in [7, 11) is 1.98. The van der Waals surface area contributed by atoms with Gasteiger partial charge in [-0.2, -0.15) is 10.2 Å². The molecule has 4 nitrogen and oxygen atoms in total. The fourth-order valence-electron chi connectivity index (χ4n) is 4.22. The Morgan fingerprint density at radius 2 is 1.68 bits per heavy atom. The zero-order chi connectivity index (χ0) is 20.0. The molecule has 28 heavy (non-hydrogen) atoms. The van der Waals surface area contributed by atoms with E-state index in [0.717, 1.165) is 24.0 Å². The van der Waals surface area contributed by atoms with E-state index in [-0.39, 0.29) is 0 Å². The van der Waals surface area contributed by atoms with Crippen LogP contribution in [0.5, 0.6) is 0 Å². The number of fused-ring (bicyclic) bond motifs is 2. The molecule has 0 aliphatic rings. The zero-order valence-electron chi connectivity index (χ0n) is 17.8. The fraction of sp³-hybridized carbons (Fsp3) is 0.417. The van der Waals surface area contributed by atoms with E-state index in [2.05, 4.69) is 81.1 Å². The van der Waals surface area contributed by atoms with Crippen LogP contribution >= 0.6 is 0 Å². The van der Waals surface area contributed by atoms with Crippen LogP contribution in [0.2, 0.25) is 0 Å². The van der Waals surface area contributed by atoms with Gasteiger partial charge in [0.25, 0.3) is 0 Å².